The third kappa shape index (κ3) is 2.08. The van der Waals surface area contributed by atoms with Crippen molar-refractivity contribution in [2.45, 2.75) is 38.6 Å². The Hall–Kier alpha value is -0.570. The molecule has 0 spiro atoms. The summed E-state index contributed by atoms with van der Waals surface area (Å²) in [5.41, 5.74) is 0. The van der Waals surface area contributed by atoms with E-state index in [0.29, 0.717) is 5.88 Å². The minimum atomic E-state index is 0.461. The van der Waals surface area contributed by atoms with E-state index in [1.54, 1.807) is 6.33 Å². The highest BCUT2D eigenvalue weighted by Gasteiger charge is 2.22. The lowest BCUT2D eigenvalue weighted by Crippen LogP contribution is -2.09. The molecule has 0 aliphatic heterocycles. The van der Waals surface area contributed by atoms with Gasteiger partial charge in [0.2, 0.25) is 0 Å². The summed E-state index contributed by atoms with van der Waals surface area (Å²) < 4.78 is 2.09. The van der Waals surface area contributed by atoms with Crippen LogP contribution in [0.1, 0.15) is 32.0 Å². The lowest BCUT2D eigenvalue weighted by atomic mass is 10.1. The lowest BCUT2D eigenvalue weighted by molar-refractivity contribution is 0.434. The second-order valence-electron chi connectivity index (χ2n) is 4.32. The van der Waals surface area contributed by atoms with E-state index >= 15 is 0 Å². The van der Waals surface area contributed by atoms with Crippen LogP contribution in [0.2, 0.25) is 0 Å². The highest BCUT2D eigenvalue weighted by Crippen LogP contribution is 2.31. The number of nitrogens with zero attached hydrogens (tertiary/aromatic N) is 3. The van der Waals surface area contributed by atoms with Crippen molar-refractivity contribution in [1.82, 2.24) is 14.8 Å². The zero-order chi connectivity index (χ0) is 9.97. The van der Waals surface area contributed by atoms with E-state index in [1.807, 2.05) is 0 Å². The summed E-state index contributed by atoms with van der Waals surface area (Å²) in [6, 6.07) is 0. The van der Waals surface area contributed by atoms with Gasteiger partial charge >= 0.3 is 0 Å². The predicted octanol–water partition coefficient (Wildman–Crippen LogP) is 2.45. The Morgan fingerprint density at radius 2 is 2.43 bits per heavy atom. The van der Waals surface area contributed by atoms with Crippen LogP contribution in [0.15, 0.2) is 6.33 Å². The molecule has 78 valence electrons. The average molecular weight is 214 g/mol. The van der Waals surface area contributed by atoms with Crippen molar-refractivity contribution in [2.24, 2.45) is 11.8 Å². The summed E-state index contributed by atoms with van der Waals surface area (Å²) in [4.78, 5) is 0. The zero-order valence-electron chi connectivity index (χ0n) is 8.49. The van der Waals surface area contributed by atoms with Crippen LogP contribution in [0.25, 0.3) is 0 Å². The standard InChI is InChI=1S/C10H16ClN3/c1-8-2-3-9(4-8)6-14-7-12-13-10(14)5-11/h7-9H,2-6H2,1H3. The SMILES string of the molecule is CC1CCC(Cn2cnnc2CCl)C1. The normalized spacial score (nSPS) is 27.0. The van der Waals surface area contributed by atoms with Crippen LogP contribution >= 0.6 is 11.6 Å². The molecule has 1 saturated carbocycles. The maximum absolute atomic E-state index is 5.76. The van der Waals surface area contributed by atoms with Crippen LogP contribution in [0.5, 0.6) is 0 Å². The Kier molecular flexibility index (Phi) is 3.06. The molecule has 2 atom stereocenters. The molecule has 2 unspecified atom stereocenters. The van der Waals surface area contributed by atoms with Crippen molar-refractivity contribution in [3.05, 3.63) is 12.2 Å². The van der Waals surface area contributed by atoms with Crippen molar-refractivity contribution >= 4 is 11.6 Å². The lowest BCUT2D eigenvalue weighted by Gasteiger charge is -2.11. The van der Waals surface area contributed by atoms with Crippen LogP contribution in [0, 0.1) is 11.8 Å². The number of halogens is 1. The van der Waals surface area contributed by atoms with Crippen molar-refractivity contribution < 1.29 is 0 Å². The third-order valence-corrected chi connectivity index (χ3v) is 3.31. The second kappa shape index (κ2) is 4.30. The first-order valence-corrected chi connectivity index (χ1v) is 5.75. The Labute approximate surface area is 89.5 Å². The molecule has 14 heavy (non-hydrogen) atoms. The maximum Gasteiger partial charge on any atom is 0.147 e. The van der Waals surface area contributed by atoms with Crippen LogP contribution in [-0.2, 0) is 12.4 Å². The monoisotopic (exact) mass is 213 g/mol. The number of hydrogen-bond donors (Lipinski definition) is 0. The number of aromatic nitrogens is 3. The zero-order valence-corrected chi connectivity index (χ0v) is 9.24. The van der Waals surface area contributed by atoms with Gasteiger partial charge in [-0.3, -0.25) is 0 Å². The fourth-order valence-corrected chi connectivity index (χ4v) is 2.51. The molecule has 1 fully saturated rings. The van der Waals surface area contributed by atoms with Gasteiger partial charge in [0, 0.05) is 6.54 Å². The summed E-state index contributed by atoms with van der Waals surface area (Å²) in [7, 11) is 0. The van der Waals surface area contributed by atoms with E-state index < -0.39 is 0 Å². The molecule has 1 aromatic rings. The minimum Gasteiger partial charge on any atom is -0.316 e. The van der Waals surface area contributed by atoms with Crippen molar-refractivity contribution in [3.63, 3.8) is 0 Å². The predicted molar refractivity (Wildman–Crippen MR) is 56.1 cm³/mol. The van der Waals surface area contributed by atoms with Gasteiger partial charge < -0.3 is 4.57 Å². The first-order valence-electron chi connectivity index (χ1n) is 5.22. The van der Waals surface area contributed by atoms with E-state index in [1.165, 1.54) is 19.3 Å². The van der Waals surface area contributed by atoms with E-state index in [4.69, 9.17) is 11.6 Å². The summed E-state index contributed by atoms with van der Waals surface area (Å²) in [6.07, 6.45) is 5.82. The summed E-state index contributed by atoms with van der Waals surface area (Å²) >= 11 is 5.76. The van der Waals surface area contributed by atoms with Gasteiger partial charge in [-0.2, -0.15) is 0 Å². The van der Waals surface area contributed by atoms with Crippen LogP contribution in [0.3, 0.4) is 0 Å². The third-order valence-electron chi connectivity index (χ3n) is 3.07. The Balaban J connectivity index is 1.97. The van der Waals surface area contributed by atoms with Gasteiger partial charge in [0.25, 0.3) is 0 Å². The van der Waals surface area contributed by atoms with Gasteiger partial charge in [0.05, 0.1) is 5.88 Å². The molecule has 0 N–H and O–H groups in total. The summed E-state index contributed by atoms with van der Waals surface area (Å²) in [5.74, 6) is 3.03. The molecule has 0 aromatic carbocycles. The van der Waals surface area contributed by atoms with Gasteiger partial charge in [-0.25, -0.2) is 0 Å². The molecule has 3 nitrogen and oxygen atoms in total. The van der Waals surface area contributed by atoms with Gasteiger partial charge in [-0.15, -0.1) is 21.8 Å². The highest BCUT2D eigenvalue weighted by atomic mass is 35.5. The smallest absolute Gasteiger partial charge is 0.147 e. The van der Waals surface area contributed by atoms with Gasteiger partial charge in [-0.05, 0) is 24.7 Å². The molecule has 0 bridgehead atoms. The molecule has 0 radical (unpaired) electrons. The number of hydrogen-bond acceptors (Lipinski definition) is 2. The Morgan fingerprint density at radius 1 is 1.57 bits per heavy atom. The molecule has 4 heteroatoms. The maximum atomic E-state index is 5.76. The fraction of sp³-hybridized carbons (Fsp3) is 0.800. The van der Waals surface area contributed by atoms with E-state index in [2.05, 4.69) is 21.7 Å². The molecule has 0 saturated heterocycles. The molecule has 1 aromatic heterocycles. The molecule has 0 amide bonds. The number of alkyl halides is 1. The van der Waals surface area contributed by atoms with E-state index in [9.17, 15) is 0 Å². The van der Waals surface area contributed by atoms with E-state index in [0.717, 1.165) is 24.2 Å². The van der Waals surface area contributed by atoms with Gasteiger partial charge in [0.15, 0.2) is 0 Å². The molecule has 1 aliphatic carbocycles. The summed E-state index contributed by atoms with van der Waals surface area (Å²) in [6.45, 7) is 3.37. The first-order chi connectivity index (χ1) is 6.79. The summed E-state index contributed by atoms with van der Waals surface area (Å²) in [5, 5.41) is 7.86. The van der Waals surface area contributed by atoms with Gasteiger partial charge in [-0.1, -0.05) is 13.3 Å². The van der Waals surface area contributed by atoms with Crippen LogP contribution in [0.4, 0.5) is 0 Å². The first kappa shape index (κ1) is 9.97. The quantitative estimate of drug-likeness (QED) is 0.723. The molecule has 1 aliphatic rings. The molecule has 2 rings (SSSR count). The van der Waals surface area contributed by atoms with E-state index in [-0.39, 0.29) is 0 Å². The average Bonchev–Trinajstić information content (AvgIpc) is 2.76. The Bertz CT molecular complexity index is 297. The Morgan fingerprint density at radius 3 is 3.07 bits per heavy atom. The topological polar surface area (TPSA) is 30.7 Å². The van der Waals surface area contributed by atoms with Crippen LogP contribution in [-0.4, -0.2) is 14.8 Å². The molecule has 1 heterocycles. The van der Waals surface area contributed by atoms with Crippen molar-refractivity contribution in [1.29, 1.82) is 0 Å². The second-order valence-corrected chi connectivity index (χ2v) is 4.58. The minimum absolute atomic E-state index is 0.461. The molecular weight excluding hydrogens is 198 g/mol. The number of rotatable bonds is 3. The van der Waals surface area contributed by atoms with Gasteiger partial charge in [0.1, 0.15) is 12.2 Å². The fourth-order valence-electron chi connectivity index (χ4n) is 2.30. The van der Waals surface area contributed by atoms with Crippen molar-refractivity contribution in [2.75, 3.05) is 0 Å². The molecular formula is C10H16ClN3. The highest BCUT2D eigenvalue weighted by molar-refractivity contribution is 6.16. The van der Waals surface area contributed by atoms with Crippen LogP contribution < -0.4 is 0 Å². The van der Waals surface area contributed by atoms with Crippen molar-refractivity contribution in [3.8, 4) is 0 Å². The largest absolute Gasteiger partial charge is 0.316 e.